The van der Waals surface area contributed by atoms with Crippen molar-refractivity contribution in [1.29, 1.82) is 0 Å². The Hall–Kier alpha value is -3.17. The highest BCUT2D eigenvalue weighted by Crippen LogP contribution is 2.22. The number of ether oxygens (including phenoxy) is 1. The molecule has 0 saturated carbocycles. The van der Waals surface area contributed by atoms with Crippen molar-refractivity contribution >= 4 is 39.3 Å². The molecular weight excluding hydrogens is 397 g/mol. The topological polar surface area (TPSA) is 81.0 Å². The molecule has 2 heterocycles. The number of hydrogen-bond donors (Lipinski definition) is 0. The van der Waals surface area contributed by atoms with Gasteiger partial charge in [0.2, 0.25) is 0 Å². The SMILES string of the molecule is COCCn1c(=NC(=O)CN2C(=O)c3ccccc3C2=O)sc2cc(F)ccc21. The highest BCUT2D eigenvalue weighted by atomic mass is 32.1. The highest BCUT2D eigenvalue weighted by molar-refractivity contribution is 7.16. The van der Waals surface area contributed by atoms with E-state index in [-0.39, 0.29) is 16.9 Å². The van der Waals surface area contributed by atoms with Crippen molar-refractivity contribution in [3.8, 4) is 0 Å². The summed E-state index contributed by atoms with van der Waals surface area (Å²) >= 11 is 1.16. The van der Waals surface area contributed by atoms with E-state index in [0.29, 0.717) is 22.7 Å². The average Bonchev–Trinajstić information content (AvgIpc) is 3.16. The van der Waals surface area contributed by atoms with Crippen molar-refractivity contribution in [2.45, 2.75) is 6.54 Å². The number of aromatic nitrogens is 1. The lowest BCUT2D eigenvalue weighted by molar-refractivity contribution is -0.118. The summed E-state index contributed by atoms with van der Waals surface area (Å²) in [6.45, 7) is 0.337. The number of halogens is 1. The van der Waals surface area contributed by atoms with Crippen molar-refractivity contribution in [3.63, 3.8) is 0 Å². The summed E-state index contributed by atoms with van der Waals surface area (Å²) in [5, 5.41) is 0. The maximum atomic E-state index is 13.6. The summed E-state index contributed by atoms with van der Waals surface area (Å²) in [5.74, 6) is -2.06. The zero-order valence-electron chi connectivity index (χ0n) is 15.4. The molecule has 1 aliphatic heterocycles. The summed E-state index contributed by atoms with van der Waals surface area (Å²) in [4.78, 5) is 42.8. The normalized spacial score (nSPS) is 14.1. The van der Waals surface area contributed by atoms with Gasteiger partial charge in [0, 0.05) is 13.7 Å². The number of carbonyl (C=O) groups is 3. The zero-order valence-corrected chi connectivity index (χ0v) is 16.2. The molecule has 0 unspecified atom stereocenters. The molecule has 0 radical (unpaired) electrons. The molecule has 0 saturated heterocycles. The molecule has 0 fully saturated rings. The molecule has 9 heteroatoms. The molecule has 2 aromatic carbocycles. The molecule has 4 rings (SSSR count). The Balaban J connectivity index is 1.66. The Kier molecular flexibility index (Phi) is 5.08. The fraction of sp³-hybridized carbons (Fsp3) is 0.200. The summed E-state index contributed by atoms with van der Waals surface area (Å²) in [6.07, 6.45) is 0. The second-order valence-electron chi connectivity index (χ2n) is 6.39. The summed E-state index contributed by atoms with van der Waals surface area (Å²) < 4.78 is 21.1. The van der Waals surface area contributed by atoms with Gasteiger partial charge in [0.25, 0.3) is 17.7 Å². The van der Waals surface area contributed by atoms with Gasteiger partial charge in [-0.15, -0.1) is 0 Å². The van der Waals surface area contributed by atoms with Crippen molar-refractivity contribution in [1.82, 2.24) is 9.47 Å². The van der Waals surface area contributed by atoms with Gasteiger partial charge in [-0.05, 0) is 30.3 Å². The number of carbonyl (C=O) groups excluding carboxylic acids is 3. The fourth-order valence-corrected chi connectivity index (χ4v) is 4.29. The van der Waals surface area contributed by atoms with Crippen molar-refractivity contribution in [2.75, 3.05) is 20.3 Å². The van der Waals surface area contributed by atoms with E-state index >= 15 is 0 Å². The van der Waals surface area contributed by atoms with Crippen LogP contribution in [0, 0.1) is 5.82 Å². The van der Waals surface area contributed by atoms with Gasteiger partial charge in [-0.1, -0.05) is 23.5 Å². The third-order valence-corrected chi connectivity index (χ3v) is 5.60. The van der Waals surface area contributed by atoms with E-state index < -0.39 is 24.3 Å². The molecule has 1 aliphatic rings. The van der Waals surface area contributed by atoms with Gasteiger partial charge in [0.15, 0.2) is 4.80 Å². The first kappa shape index (κ1) is 19.2. The first-order valence-corrected chi connectivity index (χ1v) is 9.62. The number of methoxy groups -OCH3 is 1. The minimum Gasteiger partial charge on any atom is -0.383 e. The van der Waals surface area contributed by atoms with Crippen LogP contribution in [-0.4, -0.2) is 47.4 Å². The lowest BCUT2D eigenvalue weighted by Gasteiger charge is -2.10. The van der Waals surface area contributed by atoms with Crippen LogP contribution in [0.2, 0.25) is 0 Å². The molecule has 0 N–H and O–H groups in total. The Morgan fingerprint density at radius 2 is 1.83 bits per heavy atom. The van der Waals surface area contributed by atoms with Crippen LogP contribution in [0.4, 0.5) is 4.39 Å². The smallest absolute Gasteiger partial charge is 0.268 e. The molecule has 0 aliphatic carbocycles. The van der Waals surface area contributed by atoms with Crippen LogP contribution in [0.15, 0.2) is 47.5 Å². The second kappa shape index (κ2) is 7.69. The standard InChI is InChI=1S/C20H16FN3O4S/c1-28-9-8-23-15-7-6-12(21)10-16(15)29-20(23)22-17(25)11-24-18(26)13-4-2-3-5-14(13)19(24)27/h2-7,10H,8-9,11H2,1H3. The van der Waals surface area contributed by atoms with Gasteiger partial charge in [-0.2, -0.15) is 4.99 Å². The molecule has 148 valence electrons. The molecule has 0 atom stereocenters. The van der Waals surface area contributed by atoms with Gasteiger partial charge in [0.05, 0.1) is 28.0 Å². The first-order chi connectivity index (χ1) is 14.0. The Bertz CT molecular complexity index is 1180. The van der Waals surface area contributed by atoms with E-state index in [9.17, 15) is 18.8 Å². The molecule has 0 spiro atoms. The number of thiazole rings is 1. The summed E-state index contributed by atoms with van der Waals surface area (Å²) in [5.41, 5.74) is 1.27. The quantitative estimate of drug-likeness (QED) is 0.601. The lowest BCUT2D eigenvalue weighted by atomic mass is 10.1. The van der Waals surface area contributed by atoms with Gasteiger partial charge >= 0.3 is 0 Å². The van der Waals surface area contributed by atoms with Crippen LogP contribution in [0.3, 0.4) is 0 Å². The maximum Gasteiger partial charge on any atom is 0.268 e. The monoisotopic (exact) mass is 413 g/mol. The van der Waals surface area contributed by atoms with E-state index in [4.69, 9.17) is 4.74 Å². The predicted octanol–water partition coefficient (Wildman–Crippen LogP) is 2.21. The zero-order chi connectivity index (χ0) is 20.5. The molecule has 29 heavy (non-hydrogen) atoms. The van der Waals surface area contributed by atoms with Gasteiger partial charge in [0.1, 0.15) is 12.4 Å². The van der Waals surface area contributed by atoms with Crippen molar-refractivity contribution in [2.24, 2.45) is 4.99 Å². The highest BCUT2D eigenvalue weighted by Gasteiger charge is 2.36. The summed E-state index contributed by atoms with van der Waals surface area (Å²) in [6, 6.07) is 10.8. The number of nitrogens with zero attached hydrogens (tertiary/aromatic N) is 3. The van der Waals surface area contributed by atoms with E-state index in [2.05, 4.69) is 4.99 Å². The third kappa shape index (κ3) is 3.50. The van der Waals surface area contributed by atoms with Gasteiger partial charge in [-0.25, -0.2) is 4.39 Å². The number of imide groups is 1. The molecular formula is C20H16FN3O4S. The third-order valence-electron chi connectivity index (χ3n) is 4.56. The molecule has 3 amide bonds. The van der Waals surface area contributed by atoms with Crippen LogP contribution in [0.25, 0.3) is 10.2 Å². The largest absolute Gasteiger partial charge is 0.383 e. The number of rotatable bonds is 5. The summed E-state index contributed by atoms with van der Waals surface area (Å²) in [7, 11) is 1.55. The van der Waals surface area contributed by atoms with E-state index in [0.717, 1.165) is 21.8 Å². The number of fused-ring (bicyclic) bond motifs is 2. The van der Waals surface area contributed by atoms with E-state index in [1.165, 1.54) is 12.1 Å². The minimum atomic E-state index is -0.641. The van der Waals surface area contributed by atoms with Crippen LogP contribution in [-0.2, 0) is 16.1 Å². The lowest BCUT2D eigenvalue weighted by Crippen LogP contribution is -2.35. The van der Waals surface area contributed by atoms with E-state index in [1.54, 1.807) is 42.0 Å². The predicted molar refractivity (Wildman–Crippen MR) is 104 cm³/mol. The molecule has 0 bridgehead atoms. The van der Waals surface area contributed by atoms with Crippen LogP contribution in [0.1, 0.15) is 20.7 Å². The molecule has 3 aromatic rings. The van der Waals surface area contributed by atoms with E-state index in [1.807, 2.05) is 0 Å². The Morgan fingerprint density at radius 3 is 2.48 bits per heavy atom. The average molecular weight is 413 g/mol. The Morgan fingerprint density at radius 1 is 1.14 bits per heavy atom. The van der Waals surface area contributed by atoms with Gasteiger partial charge in [-0.3, -0.25) is 19.3 Å². The fourth-order valence-electron chi connectivity index (χ4n) is 3.19. The molecule has 1 aromatic heterocycles. The number of hydrogen-bond acceptors (Lipinski definition) is 5. The van der Waals surface area contributed by atoms with Crippen LogP contribution in [0.5, 0.6) is 0 Å². The number of benzene rings is 2. The minimum absolute atomic E-state index is 0.276. The second-order valence-corrected chi connectivity index (χ2v) is 7.40. The van der Waals surface area contributed by atoms with Crippen LogP contribution < -0.4 is 4.80 Å². The Labute approximate surface area is 168 Å². The first-order valence-electron chi connectivity index (χ1n) is 8.80. The maximum absolute atomic E-state index is 13.6. The van der Waals surface area contributed by atoms with Crippen molar-refractivity contribution < 1.29 is 23.5 Å². The van der Waals surface area contributed by atoms with Crippen LogP contribution >= 0.6 is 11.3 Å². The molecule has 7 nitrogen and oxygen atoms in total. The van der Waals surface area contributed by atoms with Crippen molar-refractivity contribution in [3.05, 3.63) is 64.2 Å². The number of amides is 3. The van der Waals surface area contributed by atoms with Gasteiger partial charge < -0.3 is 9.30 Å².